The van der Waals surface area contributed by atoms with Crippen molar-refractivity contribution in [2.75, 3.05) is 11.4 Å². The Balaban J connectivity index is 2.93. The lowest BCUT2D eigenvalue weighted by Gasteiger charge is -2.16. The third kappa shape index (κ3) is 2.28. The van der Waals surface area contributed by atoms with Gasteiger partial charge in [-0.2, -0.15) is 4.79 Å². The highest BCUT2D eigenvalue weighted by molar-refractivity contribution is 6.30. The Hall–Kier alpha value is -1.93. The first kappa shape index (κ1) is 10.2. The van der Waals surface area contributed by atoms with E-state index in [4.69, 9.17) is 5.53 Å². The molecule has 0 aliphatic rings. The van der Waals surface area contributed by atoms with Crippen LogP contribution in [-0.4, -0.2) is 23.5 Å². The van der Waals surface area contributed by atoms with Crippen molar-refractivity contribution in [1.29, 1.82) is 0 Å². The molecule has 1 rings (SSSR count). The third-order valence-electron chi connectivity index (χ3n) is 1.82. The summed E-state index contributed by atoms with van der Waals surface area (Å²) in [7, 11) is 0. The smallest absolute Gasteiger partial charge is 0.345 e. The van der Waals surface area contributed by atoms with Crippen LogP contribution in [0.2, 0.25) is 0 Å². The molecule has 1 amide bonds. The topological polar surface area (TPSA) is 56.7 Å². The normalized spacial score (nSPS) is 8.93. The van der Waals surface area contributed by atoms with Crippen LogP contribution in [0.5, 0.6) is 0 Å². The number of hydrogen-bond acceptors (Lipinski definition) is 1. The fourth-order valence-electron chi connectivity index (χ4n) is 1.19. The lowest BCUT2D eigenvalue weighted by molar-refractivity contribution is -0.115. The Bertz CT molecular complexity index is 355. The Morgan fingerprint density at radius 1 is 1.50 bits per heavy atom. The molecule has 0 fully saturated rings. The Morgan fingerprint density at radius 3 is 2.64 bits per heavy atom. The fourth-order valence-corrected chi connectivity index (χ4v) is 1.19. The number of benzene rings is 1. The van der Waals surface area contributed by atoms with Gasteiger partial charge in [0, 0.05) is 12.2 Å². The average molecular weight is 189 g/mol. The second kappa shape index (κ2) is 4.94. The molecular formula is C10H11N3O. The zero-order chi connectivity index (χ0) is 10.4. The number of nitrogens with zero attached hydrogens (tertiary/aromatic N) is 3. The molecule has 0 N–H and O–H groups in total. The highest BCUT2D eigenvalue weighted by atomic mass is 16.2. The maximum Gasteiger partial charge on any atom is 0.345 e. The monoisotopic (exact) mass is 189 g/mol. The fraction of sp³-hybridized carbons (Fsp3) is 0.200. The number of hydrogen-bond donors (Lipinski definition) is 0. The molecule has 0 atom stereocenters. The molecule has 0 saturated carbocycles. The van der Waals surface area contributed by atoms with Gasteiger partial charge in [0.25, 0.3) is 0 Å². The van der Waals surface area contributed by atoms with Gasteiger partial charge in [0.1, 0.15) is 0 Å². The third-order valence-corrected chi connectivity index (χ3v) is 1.82. The van der Waals surface area contributed by atoms with Crippen molar-refractivity contribution in [1.82, 2.24) is 0 Å². The van der Waals surface area contributed by atoms with E-state index < -0.39 is 0 Å². The van der Waals surface area contributed by atoms with Crippen molar-refractivity contribution >= 4 is 17.8 Å². The minimum Gasteiger partial charge on any atom is -0.361 e. The van der Waals surface area contributed by atoms with Crippen molar-refractivity contribution in [2.45, 2.75) is 6.92 Å². The van der Waals surface area contributed by atoms with Crippen LogP contribution in [0.3, 0.4) is 0 Å². The van der Waals surface area contributed by atoms with Crippen LogP contribution in [0.4, 0.5) is 5.69 Å². The predicted molar refractivity (Wildman–Crippen MR) is 54.2 cm³/mol. The zero-order valence-corrected chi connectivity index (χ0v) is 7.92. The first-order valence-corrected chi connectivity index (χ1v) is 4.33. The van der Waals surface area contributed by atoms with Crippen molar-refractivity contribution in [3.05, 3.63) is 35.9 Å². The van der Waals surface area contributed by atoms with Crippen molar-refractivity contribution in [3.63, 3.8) is 0 Å². The van der Waals surface area contributed by atoms with E-state index in [0.717, 1.165) is 11.9 Å². The lowest BCUT2D eigenvalue weighted by Crippen LogP contribution is -2.31. The van der Waals surface area contributed by atoms with Crippen LogP contribution in [0.15, 0.2) is 30.3 Å². The van der Waals surface area contributed by atoms with E-state index in [-0.39, 0.29) is 5.91 Å². The number of para-hydroxylation sites is 1. The van der Waals surface area contributed by atoms with Gasteiger partial charge in [-0.05, 0) is 19.1 Å². The molecule has 1 aromatic carbocycles. The minimum atomic E-state index is -0.332. The summed E-state index contributed by atoms with van der Waals surface area (Å²) in [5, 5.41) is 0. The molecule has 0 aromatic heterocycles. The van der Waals surface area contributed by atoms with E-state index >= 15 is 0 Å². The van der Waals surface area contributed by atoms with Crippen molar-refractivity contribution < 1.29 is 9.58 Å². The van der Waals surface area contributed by atoms with Crippen LogP contribution in [-0.2, 0) is 4.79 Å². The number of rotatable bonds is 3. The molecule has 14 heavy (non-hydrogen) atoms. The van der Waals surface area contributed by atoms with E-state index in [1.807, 2.05) is 37.3 Å². The van der Waals surface area contributed by atoms with Gasteiger partial charge in [-0.25, -0.2) is 0 Å². The van der Waals surface area contributed by atoms with Crippen LogP contribution in [0, 0.1) is 0 Å². The van der Waals surface area contributed by atoms with Gasteiger partial charge in [0.05, 0.1) is 0 Å². The molecule has 0 aliphatic carbocycles. The largest absolute Gasteiger partial charge is 0.361 e. The van der Waals surface area contributed by atoms with Crippen LogP contribution in [0.1, 0.15) is 6.92 Å². The van der Waals surface area contributed by atoms with Gasteiger partial charge in [-0.3, -0.25) is 4.79 Å². The van der Waals surface area contributed by atoms with E-state index in [1.54, 1.807) is 0 Å². The second-order valence-corrected chi connectivity index (χ2v) is 2.66. The second-order valence-electron chi connectivity index (χ2n) is 2.66. The first-order valence-electron chi connectivity index (χ1n) is 4.33. The molecule has 0 heterocycles. The lowest BCUT2D eigenvalue weighted by atomic mass is 10.3. The maximum absolute atomic E-state index is 11.4. The summed E-state index contributed by atoms with van der Waals surface area (Å²) in [6, 6.07) is 9.23. The van der Waals surface area contributed by atoms with Crippen LogP contribution < -0.4 is 4.90 Å². The maximum atomic E-state index is 11.4. The molecular weight excluding hydrogens is 178 g/mol. The summed E-state index contributed by atoms with van der Waals surface area (Å²) in [6.45, 7) is 2.39. The molecule has 1 aromatic rings. The number of anilines is 1. The zero-order valence-electron chi connectivity index (χ0n) is 7.92. The van der Waals surface area contributed by atoms with Gasteiger partial charge in [-0.15, -0.1) is 0 Å². The SMILES string of the molecule is CCN(C(=O)C=[N+]=[N-])c1ccccc1. The van der Waals surface area contributed by atoms with E-state index in [0.29, 0.717) is 6.54 Å². The Kier molecular flexibility index (Phi) is 3.58. The summed E-state index contributed by atoms with van der Waals surface area (Å²) in [6.07, 6.45) is 0.885. The van der Waals surface area contributed by atoms with E-state index in [2.05, 4.69) is 4.79 Å². The quantitative estimate of drug-likeness (QED) is 0.402. The molecule has 0 spiro atoms. The minimum absolute atomic E-state index is 0.332. The van der Waals surface area contributed by atoms with Gasteiger partial charge in [0.15, 0.2) is 0 Å². The van der Waals surface area contributed by atoms with Crippen molar-refractivity contribution in [3.8, 4) is 0 Å². The summed E-state index contributed by atoms with van der Waals surface area (Å²) >= 11 is 0. The summed E-state index contributed by atoms with van der Waals surface area (Å²) in [5.41, 5.74) is 9.04. The Morgan fingerprint density at radius 2 is 2.14 bits per heavy atom. The van der Waals surface area contributed by atoms with Gasteiger partial charge in [-0.1, -0.05) is 18.2 Å². The molecule has 0 saturated heterocycles. The number of amides is 1. The number of carbonyl (C=O) groups excluding carboxylic acids is 1. The molecule has 4 heteroatoms. The molecule has 0 bridgehead atoms. The molecule has 4 nitrogen and oxygen atoms in total. The van der Waals surface area contributed by atoms with E-state index in [1.165, 1.54) is 4.90 Å². The molecule has 0 aliphatic heterocycles. The highest BCUT2D eigenvalue weighted by Crippen LogP contribution is 2.11. The summed E-state index contributed by atoms with van der Waals surface area (Å²) in [4.78, 5) is 15.6. The van der Waals surface area contributed by atoms with E-state index in [9.17, 15) is 4.79 Å². The van der Waals surface area contributed by atoms with Gasteiger partial charge in [0.2, 0.25) is 0 Å². The average Bonchev–Trinajstić information content (AvgIpc) is 2.21. The van der Waals surface area contributed by atoms with Gasteiger partial charge >= 0.3 is 12.1 Å². The van der Waals surface area contributed by atoms with Crippen molar-refractivity contribution in [2.24, 2.45) is 0 Å². The molecule has 0 radical (unpaired) electrons. The van der Waals surface area contributed by atoms with Gasteiger partial charge < -0.3 is 10.4 Å². The highest BCUT2D eigenvalue weighted by Gasteiger charge is 2.13. The standard InChI is InChI=1S/C10H11N3O/c1-2-13(10(14)8-12-11)9-6-4-3-5-7-9/h3-8H,2H2,1H3. The summed E-state index contributed by atoms with van der Waals surface area (Å²) in [5.74, 6) is -0.332. The summed E-state index contributed by atoms with van der Waals surface area (Å²) < 4.78 is 0. The van der Waals surface area contributed by atoms with Crippen LogP contribution >= 0.6 is 0 Å². The molecule has 0 unspecified atom stereocenters. The predicted octanol–water partition coefficient (Wildman–Crippen LogP) is 1.34. The number of carbonyl (C=O) groups is 1. The Labute approximate surface area is 82.4 Å². The first-order chi connectivity index (χ1) is 6.79. The molecule has 72 valence electrons. The van der Waals surface area contributed by atoms with Crippen LogP contribution in [0.25, 0.3) is 5.53 Å².